The Bertz CT molecular complexity index is 1920. The predicted octanol–water partition coefficient (Wildman–Crippen LogP) is 5.73. The molecule has 7 rings (SSSR count). The van der Waals surface area contributed by atoms with Gasteiger partial charge in [-0.05, 0) is 40.5 Å². The number of fused-ring (bicyclic) bond motifs is 2. The number of nitrogens with one attached hydrogen (secondary N) is 2. The van der Waals surface area contributed by atoms with Gasteiger partial charge in [-0.2, -0.15) is 0 Å². The molecular weight excluding hydrogens is 578 g/mol. The average molecular weight is 612 g/mol. The molecule has 4 aromatic carbocycles. The Balaban J connectivity index is 1.22. The predicted molar refractivity (Wildman–Crippen MR) is 176 cm³/mol. The largest absolute Gasteiger partial charge is 0.492 e. The molecular formula is C38H33N3O5. The summed E-state index contributed by atoms with van der Waals surface area (Å²) in [5.41, 5.74) is 2.70. The van der Waals surface area contributed by atoms with E-state index in [1.54, 1.807) is 18.3 Å². The van der Waals surface area contributed by atoms with Gasteiger partial charge in [0.05, 0.1) is 18.4 Å². The Morgan fingerprint density at radius 2 is 1.48 bits per heavy atom. The fourth-order valence-electron chi connectivity index (χ4n) is 6.93. The van der Waals surface area contributed by atoms with Gasteiger partial charge in [0.15, 0.2) is 0 Å². The van der Waals surface area contributed by atoms with Gasteiger partial charge in [-0.15, -0.1) is 0 Å². The summed E-state index contributed by atoms with van der Waals surface area (Å²) in [6.07, 6.45) is 5.83. The van der Waals surface area contributed by atoms with Gasteiger partial charge in [0, 0.05) is 29.6 Å². The molecule has 1 aromatic heterocycles. The second kappa shape index (κ2) is 12.1. The smallest absolute Gasteiger partial charge is 0.325 e. The molecule has 2 amide bonds. The van der Waals surface area contributed by atoms with E-state index in [0.717, 1.165) is 33.2 Å². The number of hydrogen-bond acceptors (Lipinski definition) is 5. The fraction of sp³-hybridized carbons (Fsp3) is 0.184. The summed E-state index contributed by atoms with van der Waals surface area (Å²) in [5.74, 6) is -3.42. The summed E-state index contributed by atoms with van der Waals surface area (Å²) in [7, 11) is 0. The van der Waals surface area contributed by atoms with E-state index in [-0.39, 0.29) is 25.5 Å². The molecule has 5 aromatic rings. The van der Waals surface area contributed by atoms with Crippen LogP contribution in [0.25, 0.3) is 23.1 Å². The highest BCUT2D eigenvalue weighted by atomic mass is 16.5. The number of amides is 2. The van der Waals surface area contributed by atoms with Crippen LogP contribution < -0.4 is 10.1 Å². The van der Waals surface area contributed by atoms with Crippen LogP contribution >= 0.6 is 0 Å². The Labute approximate surface area is 266 Å². The number of aromatic amines is 1. The van der Waals surface area contributed by atoms with E-state index in [0.29, 0.717) is 5.75 Å². The zero-order chi connectivity index (χ0) is 31.7. The first-order chi connectivity index (χ1) is 22.4. The summed E-state index contributed by atoms with van der Waals surface area (Å²) in [4.78, 5) is 46.0. The molecule has 3 heterocycles. The van der Waals surface area contributed by atoms with Crippen LogP contribution in [-0.2, 0) is 20.8 Å². The maximum absolute atomic E-state index is 14.1. The number of nitrogens with zero attached hydrogens (tertiary/aromatic N) is 1. The SMILES string of the molecule is O=C1C2C(c3ccc(C=Cc4ccccc4)cc3)NC(Cc3c[nH]c4ccccc34)(C(=O)O)C2C(=O)N1CCOc1ccccc1. The van der Waals surface area contributed by atoms with Gasteiger partial charge in [0.25, 0.3) is 0 Å². The normalized spacial score (nSPS) is 22.5. The molecule has 0 aliphatic carbocycles. The Morgan fingerprint density at radius 3 is 2.20 bits per heavy atom. The molecule has 3 N–H and O–H groups in total. The molecule has 2 saturated heterocycles. The van der Waals surface area contributed by atoms with Crippen molar-refractivity contribution in [2.24, 2.45) is 11.8 Å². The number of carbonyl (C=O) groups excluding carboxylic acids is 2. The Hall–Kier alpha value is -5.47. The summed E-state index contributed by atoms with van der Waals surface area (Å²) < 4.78 is 5.81. The van der Waals surface area contributed by atoms with Gasteiger partial charge < -0.3 is 14.8 Å². The highest BCUT2D eigenvalue weighted by molar-refractivity contribution is 6.09. The molecule has 0 saturated carbocycles. The zero-order valence-corrected chi connectivity index (χ0v) is 25.0. The van der Waals surface area contributed by atoms with Gasteiger partial charge >= 0.3 is 5.97 Å². The number of carboxylic acids is 1. The molecule has 2 aliphatic heterocycles. The summed E-state index contributed by atoms with van der Waals surface area (Å²) in [6, 6.07) is 33.8. The number of imide groups is 1. The summed E-state index contributed by atoms with van der Waals surface area (Å²) >= 11 is 0. The molecule has 0 radical (unpaired) electrons. The van der Waals surface area contributed by atoms with E-state index in [4.69, 9.17) is 4.74 Å². The molecule has 46 heavy (non-hydrogen) atoms. The van der Waals surface area contributed by atoms with Crippen molar-refractivity contribution >= 4 is 40.8 Å². The van der Waals surface area contributed by atoms with Crippen LogP contribution in [0.3, 0.4) is 0 Å². The molecule has 0 bridgehead atoms. The number of carboxylic acid groups (broad SMARTS) is 1. The Morgan fingerprint density at radius 1 is 0.826 bits per heavy atom. The number of aliphatic carboxylic acids is 1. The van der Waals surface area contributed by atoms with Gasteiger partial charge in [0.2, 0.25) is 11.8 Å². The lowest BCUT2D eigenvalue weighted by molar-refractivity contribution is -0.151. The number of hydrogen-bond donors (Lipinski definition) is 3. The topological polar surface area (TPSA) is 112 Å². The second-order valence-corrected chi connectivity index (χ2v) is 11.8. The minimum atomic E-state index is -1.71. The van der Waals surface area contributed by atoms with Gasteiger partial charge in [-0.3, -0.25) is 24.6 Å². The number of ether oxygens (including phenoxy) is 1. The van der Waals surface area contributed by atoms with Crippen molar-refractivity contribution < 1.29 is 24.2 Å². The van der Waals surface area contributed by atoms with Gasteiger partial charge in [-0.1, -0.05) is 103 Å². The first kappa shape index (κ1) is 29.3. The van der Waals surface area contributed by atoms with E-state index >= 15 is 0 Å². The minimum Gasteiger partial charge on any atom is -0.492 e. The van der Waals surface area contributed by atoms with Crippen LogP contribution in [0.4, 0.5) is 0 Å². The lowest BCUT2D eigenvalue weighted by Gasteiger charge is -2.31. The van der Waals surface area contributed by atoms with Crippen LogP contribution in [-0.4, -0.2) is 51.5 Å². The second-order valence-electron chi connectivity index (χ2n) is 11.8. The lowest BCUT2D eigenvalue weighted by atomic mass is 9.76. The van der Waals surface area contributed by atoms with E-state index in [2.05, 4.69) is 10.3 Å². The molecule has 0 spiro atoms. The standard InChI is InChI=1S/C38H33N3O5/c42-35-32-33(36(43)41(35)21-22-46-29-11-5-2-6-12-29)38(37(44)45,23-28-24-39-31-14-8-7-13-30(28)31)40-34(32)27-19-17-26(18-20-27)16-15-25-9-3-1-4-10-25/h1-20,24,32-34,39-40H,21-23H2,(H,44,45). The summed E-state index contributed by atoms with van der Waals surface area (Å²) in [6.45, 7) is 0.127. The van der Waals surface area contributed by atoms with Crippen molar-refractivity contribution in [2.75, 3.05) is 13.2 Å². The van der Waals surface area contributed by atoms with Gasteiger partial charge in [-0.25, -0.2) is 0 Å². The highest BCUT2D eigenvalue weighted by Crippen LogP contribution is 2.50. The highest BCUT2D eigenvalue weighted by Gasteiger charge is 2.68. The maximum Gasteiger partial charge on any atom is 0.325 e. The van der Waals surface area contributed by atoms with Crippen molar-refractivity contribution in [3.63, 3.8) is 0 Å². The molecule has 4 atom stereocenters. The number of aromatic nitrogens is 1. The van der Waals surface area contributed by atoms with Crippen LogP contribution in [0.2, 0.25) is 0 Å². The maximum atomic E-state index is 14.1. The van der Waals surface area contributed by atoms with Crippen molar-refractivity contribution in [3.8, 4) is 5.75 Å². The van der Waals surface area contributed by atoms with E-state index < -0.39 is 35.3 Å². The lowest BCUT2D eigenvalue weighted by Crippen LogP contribution is -2.57. The van der Waals surface area contributed by atoms with Crippen LogP contribution in [0.5, 0.6) is 5.75 Å². The quantitative estimate of drug-likeness (QED) is 0.137. The van der Waals surface area contributed by atoms with Gasteiger partial charge in [0.1, 0.15) is 17.9 Å². The zero-order valence-electron chi connectivity index (χ0n) is 25.0. The Kier molecular flexibility index (Phi) is 7.72. The number of benzene rings is 4. The summed E-state index contributed by atoms with van der Waals surface area (Å²) in [5, 5.41) is 15.1. The molecule has 8 nitrogen and oxygen atoms in total. The van der Waals surface area contributed by atoms with Crippen molar-refractivity contribution in [3.05, 3.63) is 138 Å². The third kappa shape index (κ3) is 5.26. The number of para-hydroxylation sites is 2. The molecule has 2 fully saturated rings. The third-order valence-corrected chi connectivity index (χ3v) is 9.16. The van der Waals surface area contributed by atoms with E-state index in [1.165, 1.54) is 4.90 Å². The monoisotopic (exact) mass is 611 g/mol. The number of H-pyrrole nitrogens is 1. The molecule has 230 valence electrons. The minimum absolute atomic E-state index is 0.0231. The van der Waals surface area contributed by atoms with E-state index in [1.807, 2.05) is 109 Å². The first-order valence-corrected chi connectivity index (χ1v) is 15.4. The van der Waals surface area contributed by atoms with Crippen molar-refractivity contribution in [1.82, 2.24) is 15.2 Å². The van der Waals surface area contributed by atoms with Crippen LogP contribution in [0, 0.1) is 11.8 Å². The van der Waals surface area contributed by atoms with Crippen molar-refractivity contribution in [1.29, 1.82) is 0 Å². The average Bonchev–Trinajstić information content (AvgIpc) is 3.73. The number of carbonyl (C=O) groups is 3. The number of rotatable bonds is 10. The molecule has 8 heteroatoms. The third-order valence-electron chi connectivity index (χ3n) is 9.16. The number of likely N-dealkylation sites (tertiary alicyclic amines) is 1. The molecule has 4 unspecified atom stereocenters. The van der Waals surface area contributed by atoms with Crippen LogP contribution in [0.15, 0.2) is 115 Å². The fourth-order valence-corrected chi connectivity index (χ4v) is 6.93. The van der Waals surface area contributed by atoms with Crippen LogP contribution in [0.1, 0.15) is 28.3 Å². The first-order valence-electron chi connectivity index (χ1n) is 15.4. The molecule has 2 aliphatic rings. The van der Waals surface area contributed by atoms with E-state index in [9.17, 15) is 19.5 Å². The van der Waals surface area contributed by atoms with Crippen molar-refractivity contribution in [2.45, 2.75) is 18.0 Å².